The van der Waals surface area contributed by atoms with Crippen LogP contribution in [0.25, 0.3) is 10.8 Å². The Bertz CT molecular complexity index is 1070. The molecule has 3 aromatic rings. The Morgan fingerprint density at radius 2 is 1.90 bits per heavy atom. The molecule has 1 fully saturated rings. The van der Waals surface area contributed by atoms with Crippen molar-refractivity contribution < 1.29 is 9.13 Å². The average Bonchev–Trinajstić information content (AvgIpc) is 2.70. The fourth-order valence-electron chi connectivity index (χ4n) is 4.47. The van der Waals surface area contributed by atoms with Gasteiger partial charge in [-0.1, -0.05) is 23.7 Å². The number of H-pyrrole nitrogens is 1. The van der Waals surface area contributed by atoms with Gasteiger partial charge in [0.05, 0.1) is 11.1 Å². The van der Waals surface area contributed by atoms with E-state index in [2.05, 4.69) is 4.98 Å². The monoisotopic (exact) mass is 414 g/mol. The Kier molecular flexibility index (Phi) is 5.36. The molecule has 0 amide bonds. The van der Waals surface area contributed by atoms with E-state index in [-0.39, 0.29) is 28.9 Å². The van der Waals surface area contributed by atoms with E-state index in [9.17, 15) is 9.18 Å². The highest BCUT2D eigenvalue weighted by Gasteiger charge is 2.40. The molecule has 0 aliphatic heterocycles. The Labute approximate surface area is 173 Å². The van der Waals surface area contributed by atoms with Crippen molar-refractivity contribution in [2.45, 2.75) is 50.2 Å². The summed E-state index contributed by atoms with van der Waals surface area (Å²) in [5.74, 6) is 0.347. The number of rotatable bonds is 4. The number of aromatic nitrogens is 1. The van der Waals surface area contributed by atoms with Gasteiger partial charge in [0.15, 0.2) is 0 Å². The lowest BCUT2D eigenvalue weighted by atomic mass is 9.65. The molecule has 0 saturated heterocycles. The number of benzene rings is 2. The minimum Gasteiger partial charge on any atom is -0.489 e. The van der Waals surface area contributed by atoms with Crippen LogP contribution in [0.3, 0.4) is 0 Å². The zero-order valence-corrected chi connectivity index (χ0v) is 17.0. The molecule has 6 heteroatoms. The summed E-state index contributed by atoms with van der Waals surface area (Å²) >= 11 is 6.38. The van der Waals surface area contributed by atoms with E-state index in [4.69, 9.17) is 22.1 Å². The minimum atomic E-state index is -0.240. The zero-order chi connectivity index (χ0) is 20.6. The molecular formula is C23H24ClFN2O2. The summed E-state index contributed by atoms with van der Waals surface area (Å²) in [5.41, 5.74) is 7.10. The molecule has 1 aromatic heterocycles. The molecule has 0 unspecified atom stereocenters. The lowest BCUT2D eigenvalue weighted by molar-refractivity contribution is 0.107. The van der Waals surface area contributed by atoms with E-state index in [0.717, 1.165) is 36.6 Å². The van der Waals surface area contributed by atoms with Gasteiger partial charge in [-0.05, 0) is 73.9 Å². The summed E-state index contributed by atoms with van der Waals surface area (Å²) in [4.78, 5) is 14.6. The predicted molar refractivity (Wildman–Crippen MR) is 114 cm³/mol. The summed E-state index contributed by atoms with van der Waals surface area (Å²) in [5, 5.41) is 1.76. The van der Waals surface area contributed by atoms with Crippen molar-refractivity contribution in [2.75, 3.05) is 0 Å². The van der Waals surface area contributed by atoms with Crippen LogP contribution in [0.1, 0.15) is 38.2 Å². The molecule has 0 radical (unpaired) electrons. The quantitative estimate of drug-likeness (QED) is 0.636. The smallest absolute Gasteiger partial charge is 0.255 e. The third-order valence-corrected chi connectivity index (χ3v) is 6.53. The number of aromatic amines is 1. The second-order valence-electron chi connectivity index (χ2n) is 7.95. The van der Waals surface area contributed by atoms with Crippen LogP contribution >= 0.6 is 11.6 Å². The van der Waals surface area contributed by atoms with E-state index in [1.165, 1.54) is 12.1 Å². The minimum absolute atomic E-state index is 0.0132. The van der Waals surface area contributed by atoms with Crippen LogP contribution in [-0.4, -0.2) is 17.1 Å². The first-order valence-electron chi connectivity index (χ1n) is 9.88. The van der Waals surface area contributed by atoms with Crippen LogP contribution in [0.4, 0.5) is 4.39 Å². The lowest BCUT2D eigenvalue weighted by Crippen LogP contribution is -2.47. The molecule has 29 heavy (non-hydrogen) atoms. The predicted octanol–water partition coefficient (Wildman–Crippen LogP) is 4.93. The average molecular weight is 415 g/mol. The van der Waals surface area contributed by atoms with Gasteiger partial charge in [0.2, 0.25) is 0 Å². The van der Waals surface area contributed by atoms with Crippen molar-refractivity contribution in [3.63, 3.8) is 0 Å². The number of nitrogens with one attached hydrogen (secondary N) is 1. The first-order chi connectivity index (χ1) is 13.9. The van der Waals surface area contributed by atoms with Gasteiger partial charge >= 0.3 is 0 Å². The standard InChI is InChI=1S/C23H24ClFN2O2/c1-14(26)23(16-2-4-17(25)5-3-16)9-6-18(7-10-23)29-21-12-15-8-11-27-22(28)19(15)13-20(21)24/h2-5,8,11-14,18H,6-7,9-10,26H2,1H3,(H,27,28)/t14-,18?,23?/m1/s1. The van der Waals surface area contributed by atoms with Crippen molar-refractivity contribution in [3.05, 3.63) is 75.4 Å². The highest BCUT2D eigenvalue weighted by atomic mass is 35.5. The molecule has 1 atom stereocenters. The third kappa shape index (κ3) is 3.77. The molecule has 1 saturated carbocycles. The van der Waals surface area contributed by atoms with Gasteiger partial charge in [-0.3, -0.25) is 4.79 Å². The fraction of sp³-hybridized carbons (Fsp3) is 0.348. The summed E-state index contributed by atoms with van der Waals surface area (Å²) in [6.45, 7) is 2.02. The second kappa shape index (κ2) is 7.81. The fourth-order valence-corrected chi connectivity index (χ4v) is 4.68. The molecule has 3 N–H and O–H groups in total. The molecule has 1 aliphatic carbocycles. The maximum absolute atomic E-state index is 13.4. The van der Waals surface area contributed by atoms with Crippen LogP contribution in [0.15, 0.2) is 53.5 Å². The van der Waals surface area contributed by atoms with Crippen molar-refractivity contribution >= 4 is 22.4 Å². The maximum atomic E-state index is 13.4. The van der Waals surface area contributed by atoms with Gasteiger partial charge in [-0.2, -0.15) is 0 Å². The topological polar surface area (TPSA) is 68.1 Å². The van der Waals surface area contributed by atoms with Crippen LogP contribution in [-0.2, 0) is 5.41 Å². The number of ether oxygens (including phenoxy) is 1. The van der Waals surface area contributed by atoms with Crippen LogP contribution in [0.5, 0.6) is 5.75 Å². The number of hydrogen-bond acceptors (Lipinski definition) is 3. The van der Waals surface area contributed by atoms with Gasteiger partial charge < -0.3 is 15.5 Å². The normalized spacial score (nSPS) is 23.1. The Morgan fingerprint density at radius 1 is 1.21 bits per heavy atom. The van der Waals surface area contributed by atoms with Crippen LogP contribution < -0.4 is 16.0 Å². The van der Waals surface area contributed by atoms with Gasteiger partial charge in [0, 0.05) is 23.0 Å². The molecule has 0 bridgehead atoms. The van der Waals surface area contributed by atoms with Crippen molar-refractivity contribution in [1.29, 1.82) is 0 Å². The van der Waals surface area contributed by atoms with Gasteiger partial charge in [0.25, 0.3) is 5.56 Å². The molecule has 4 rings (SSSR count). The summed E-state index contributed by atoms with van der Waals surface area (Å²) < 4.78 is 19.6. The van der Waals surface area contributed by atoms with Crippen molar-refractivity contribution in [2.24, 2.45) is 5.73 Å². The van der Waals surface area contributed by atoms with Crippen molar-refractivity contribution in [3.8, 4) is 5.75 Å². The summed E-state index contributed by atoms with van der Waals surface area (Å²) in [6.07, 6.45) is 4.98. The van der Waals surface area contributed by atoms with E-state index in [1.54, 1.807) is 12.3 Å². The van der Waals surface area contributed by atoms with Crippen molar-refractivity contribution in [1.82, 2.24) is 4.98 Å². The maximum Gasteiger partial charge on any atom is 0.255 e. The van der Waals surface area contributed by atoms with Gasteiger partial charge in [-0.25, -0.2) is 4.39 Å². The molecule has 152 valence electrons. The zero-order valence-electron chi connectivity index (χ0n) is 16.3. The number of halogens is 2. The molecule has 4 nitrogen and oxygen atoms in total. The Balaban J connectivity index is 1.53. The highest BCUT2D eigenvalue weighted by molar-refractivity contribution is 6.32. The summed E-state index contributed by atoms with van der Waals surface area (Å²) in [7, 11) is 0. The Hall–Kier alpha value is -2.37. The largest absolute Gasteiger partial charge is 0.489 e. The molecule has 1 aliphatic rings. The van der Waals surface area contributed by atoms with E-state index in [0.29, 0.717) is 16.2 Å². The summed E-state index contributed by atoms with van der Waals surface area (Å²) in [6, 6.07) is 11.9. The number of hydrogen-bond donors (Lipinski definition) is 2. The number of fused-ring (bicyclic) bond motifs is 1. The van der Waals surface area contributed by atoms with Crippen LogP contribution in [0.2, 0.25) is 5.02 Å². The first kappa shape index (κ1) is 19.9. The van der Waals surface area contributed by atoms with E-state index >= 15 is 0 Å². The highest BCUT2D eigenvalue weighted by Crippen LogP contribution is 2.43. The molecule has 0 spiro atoms. The Morgan fingerprint density at radius 3 is 2.55 bits per heavy atom. The van der Waals surface area contributed by atoms with E-state index < -0.39 is 0 Å². The number of nitrogens with two attached hydrogens (primary N) is 1. The van der Waals surface area contributed by atoms with E-state index in [1.807, 2.05) is 31.2 Å². The lowest BCUT2D eigenvalue weighted by Gasteiger charge is -2.43. The molecule has 1 heterocycles. The van der Waals surface area contributed by atoms with Crippen LogP contribution in [0, 0.1) is 5.82 Å². The third-order valence-electron chi connectivity index (χ3n) is 6.24. The molecule has 2 aromatic carbocycles. The SMILES string of the molecule is C[C@@H](N)C1(c2ccc(F)cc2)CCC(Oc2cc3cc[nH]c(=O)c3cc2Cl)CC1. The van der Waals surface area contributed by atoms with Gasteiger partial charge in [-0.15, -0.1) is 0 Å². The molecular weight excluding hydrogens is 391 g/mol. The number of pyridine rings is 1. The van der Waals surface area contributed by atoms with Gasteiger partial charge in [0.1, 0.15) is 11.6 Å². The second-order valence-corrected chi connectivity index (χ2v) is 8.35. The first-order valence-corrected chi connectivity index (χ1v) is 10.3.